The van der Waals surface area contributed by atoms with E-state index in [-0.39, 0.29) is 31.4 Å². The van der Waals surface area contributed by atoms with Gasteiger partial charge in [0.2, 0.25) is 0 Å². The Labute approximate surface area is 207 Å². The smallest absolute Gasteiger partial charge is 0.407 e. The van der Waals surface area contributed by atoms with Crippen molar-refractivity contribution in [2.24, 2.45) is 0 Å². The third kappa shape index (κ3) is 5.68. The molecule has 2 amide bonds. The van der Waals surface area contributed by atoms with Gasteiger partial charge in [-0.05, 0) is 29.2 Å². The SMILES string of the molecule is CCN(CCC(=O)O)C(=O)c1csc(CCNC(=O)OCC2c3ccccc3-c3ccccc32)n1. The van der Waals surface area contributed by atoms with Crippen molar-refractivity contribution in [3.63, 3.8) is 0 Å². The van der Waals surface area contributed by atoms with E-state index in [2.05, 4.69) is 34.6 Å². The molecular weight excluding hydrogens is 466 g/mol. The van der Waals surface area contributed by atoms with E-state index in [0.29, 0.717) is 30.2 Å². The van der Waals surface area contributed by atoms with Crippen LogP contribution in [0.1, 0.15) is 45.9 Å². The number of aromatic nitrogens is 1. The van der Waals surface area contributed by atoms with Crippen LogP contribution in [0.15, 0.2) is 53.9 Å². The molecule has 0 atom stereocenters. The lowest BCUT2D eigenvalue weighted by Gasteiger charge is -2.18. The average Bonchev–Trinajstić information content (AvgIpc) is 3.46. The van der Waals surface area contributed by atoms with Crippen LogP contribution in [0, 0.1) is 0 Å². The van der Waals surface area contributed by atoms with Crippen molar-refractivity contribution in [3.05, 3.63) is 75.7 Å². The highest BCUT2D eigenvalue weighted by molar-refractivity contribution is 7.09. The molecule has 3 aromatic rings. The number of alkyl carbamates (subject to hydrolysis) is 1. The summed E-state index contributed by atoms with van der Waals surface area (Å²) in [5, 5.41) is 14.0. The number of rotatable bonds is 10. The zero-order valence-electron chi connectivity index (χ0n) is 19.4. The van der Waals surface area contributed by atoms with Gasteiger partial charge in [-0.3, -0.25) is 9.59 Å². The summed E-state index contributed by atoms with van der Waals surface area (Å²) >= 11 is 1.33. The van der Waals surface area contributed by atoms with Crippen LogP contribution in [-0.2, 0) is 16.0 Å². The molecule has 0 spiro atoms. The predicted octanol–water partition coefficient (Wildman–Crippen LogP) is 4.16. The third-order valence-corrected chi connectivity index (χ3v) is 6.90. The van der Waals surface area contributed by atoms with Crippen LogP contribution >= 0.6 is 11.3 Å². The van der Waals surface area contributed by atoms with Crippen molar-refractivity contribution >= 4 is 29.3 Å². The Bertz CT molecular complexity index is 1180. The van der Waals surface area contributed by atoms with Gasteiger partial charge in [-0.15, -0.1) is 11.3 Å². The van der Waals surface area contributed by atoms with Crippen molar-refractivity contribution < 1.29 is 24.2 Å². The maximum atomic E-state index is 12.6. The number of carbonyl (C=O) groups is 3. The highest BCUT2D eigenvalue weighted by Gasteiger charge is 2.29. The summed E-state index contributed by atoms with van der Waals surface area (Å²) in [7, 11) is 0. The number of carboxylic acids is 1. The lowest BCUT2D eigenvalue weighted by atomic mass is 9.98. The first kappa shape index (κ1) is 24.4. The number of ether oxygens (including phenoxy) is 1. The van der Waals surface area contributed by atoms with E-state index in [4.69, 9.17) is 9.84 Å². The van der Waals surface area contributed by atoms with Gasteiger partial charge < -0.3 is 20.1 Å². The van der Waals surface area contributed by atoms with Crippen LogP contribution in [0.25, 0.3) is 11.1 Å². The number of hydrogen-bond acceptors (Lipinski definition) is 6. The molecule has 0 aliphatic heterocycles. The lowest BCUT2D eigenvalue weighted by molar-refractivity contribution is -0.137. The molecule has 1 heterocycles. The zero-order valence-corrected chi connectivity index (χ0v) is 20.2. The normalized spacial score (nSPS) is 12.0. The summed E-state index contributed by atoms with van der Waals surface area (Å²) in [5.74, 6) is -1.24. The first-order chi connectivity index (χ1) is 17.0. The molecule has 1 aliphatic rings. The standard InChI is InChI=1S/C26H27N3O5S/c1-2-29(14-12-24(30)31)25(32)22-16-35-23(28-22)11-13-27-26(33)34-15-21-19-9-5-3-7-17(19)18-8-4-6-10-20(18)21/h3-10,16,21H,2,11-15H2,1H3,(H,27,33)(H,30,31). The molecule has 4 rings (SSSR count). The number of benzene rings is 2. The molecule has 0 saturated heterocycles. The molecule has 0 unspecified atom stereocenters. The van der Waals surface area contributed by atoms with Crippen molar-refractivity contribution in [2.75, 3.05) is 26.2 Å². The van der Waals surface area contributed by atoms with Crippen molar-refractivity contribution in [1.82, 2.24) is 15.2 Å². The van der Waals surface area contributed by atoms with Crippen LogP contribution in [-0.4, -0.2) is 59.2 Å². The molecule has 2 aromatic carbocycles. The summed E-state index contributed by atoms with van der Waals surface area (Å²) in [5.41, 5.74) is 4.96. The Balaban J connectivity index is 1.26. The molecule has 0 bridgehead atoms. The average molecular weight is 494 g/mol. The first-order valence-electron chi connectivity index (χ1n) is 11.5. The number of thiazole rings is 1. The number of nitrogens with one attached hydrogen (secondary N) is 1. The van der Waals surface area contributed by atoms with Crippen LogP contribution in [0.4, 0.5) is 4.79 Å². The Morgan fingerprint density at radius 1 is 1.09 bits per heavy atom. The van der Waals surface area contributed by atoms with Gasteiger partial charge in [0.05, 0.1) is 11.4 Å². The molecule has 1 aliphatic carbocycles. The molecule has 182 valence electrons. The molecule has 0 fully saturated rings. The van der Waals surface area contributed by atoms with Crippen LogP contribution in [0.5, 0.6) is 0 Å². The number of hydrogen-bond donors (Lipinski definition) is 2. The van der Waals surface area contributed by atoms with Crippen molar-refractivity contribution in [1.29, 1.82) is 0 Å². The van der Waals surface area contributed by atoms with Crippen molar-refractivity contribution in [3.8, 4) is 11.1 Å². The fourth-order valence-electron chi connectivity index (χ4n) is 4.24. The number of carboxylic acid groups (broad SMARTS) is 1. The van der Waals surface area contributed by atoms with Gasteiger partial charge >= 0.3 is 12.1 Å². The summed E-state index contributed by atoms with van der Waals surface area (Å²) in [6.45, 7) is 2.92. The van der Waals surface area contributed by atoms with E-state index in [0.717, 1.165) is 11.1 Å². The predicted molar refractivity (Wildman–Crippen MR) is 133 cm³/mol. The second-order valence-electron chi connectivity index (χ2n) is 8.16. The van der Waals surface area contributed by atoms with E-state index >= 15 is 0 Å². The fourth-order valence-corrected chi connectivity index (χ4v) is 5.01. The first-order valence-corrected chi connectivity index (χ1v) is 12.4. The second kappa shape index (κ2) is 11.1. The number of aliphatic carboxylic acids is 1. The van der Waals surface area contributed by atoms with Gasteiger partial charge in [0.15, 0.2) is 0 Å². The van der Waals surface area contributed by atoms with Gasteiger partial charge in [-0.1, -0.05) is 48.5 Å². The molecule has 1 aromatic heterocycles. The van der Waals surface area contributed by atoms with Gasteiger partial charge in [0.1, 0.15) is 12.3 Å². The topological polar surface area (TPSA) is 109 Å². The third-order valence-electron chi connectivity index (χ3n) is 5.99. The molecule has 2 N–H and O–H groups in total. The minimum atomic E-state index is -0.950. The Morgan fingerprint density at radius 2 is 1.74 bits per heavy atom. The molecule has 0 saturated carbocycles. The van der Waals surface area contributed by atoms with E-state index < -0.39 is 12.1 Å². The molecule has 0 radical (unpaired) electrons. The Kier molecular flexibility index (Phi) is 7.77. The van der Waals surface area contributed by atoms with E-state index in [1.807, 2.05) is 24.3 Å². The van der Waals surface area contributed by atoms with E-state index in [1.165, 1.54) is 27.4 Å². The minimum Gasteiger partial charge on any atom is -0.481 e. The quantitative estimate of drug-likeness (QED) is 0.439. The van der Waals surface area contributed by atoms with Gasteiger partial charge in [-0.25, -0.2) is 9.78 Å². The van der Waals surface area contributed by atoms with E-state index in [1.54, 1.807) is 12.3 Å². The van der Waals surface area contributed by atoms with Gasteiger partial charge in [0, 0.05) is 37.4 Å². The number of nitrogens with zero attached hydrogens (tertiary/aromatic N) is 2. The molecule has 8 nitrogen and oxygen atoms in total. The monoisotopic (exact) mass is 493 g/mol. The molecule has 9 heteroatoms. The maximum Gasteiger partial charge on any atom is 0.407 e. The molecule has 35 heavy (non-hydrogen) atoms. The van der Waals surface area contributed by atoms with Gasteiger partial charge in [-0.2, -0.15) is 0 Å². The second-order valence-corrected chi connectivity index (χ2v) is 9.10. The van der Waals surface area contributed by atoms with Crippen molar-refractivity contribution in [2.45, 2.75) is 25.7 Å². The highest BCUT2D eigenvalue weighted by atomic mass is 32.1. The number of carbonyl (C=O) groups excluding carboxylic acids is 2. The molecular formula is C26H27N3O5S. The van der Waals surface area contributed by atoms with E-state index in [9.17, 15) is 14.4 Å². The minimum absolute atomic E-state index is 0.00308. The zero-order chi connectivity index (χ0) is 24.8. The number of fused-ring (bicyclic) bond motifs is 3. The highest BCUT2D eigenvalue weighted by Crippen LogP contribution is 2.44. The fraction of sp³-hybridized carbons (Fsp3) is 0.308. The summed E-state index contributed by atoms with van der Waals surface area (Å²) < 4.78 is 5.54. The van der Waals surface area contributed by atoms with Crippen LogP contribution in [0.2, 0.25) is 0 Å². The summed E-state index contributed by atoms with van der Waals surface area (Å²) in [6, 6.07) is 16.3. The van der Waals surface area contributed by atoms with Crippen LogP contribution in [0.3, 0.4) is 0 Å². The number of amides is 2. The largest absolute Gasteiger partial charge is 0.481 e. The van der Waals surface area contributed by atoms with Gasteiger partial charge in [0.25, 0.3) is 5.91 Å². The summed E-state index contributed by atoms with van der Waals surface area (Å²) in [4.78, 5) is 41.5. The summed E-state index contributed by atoms with van der Waals surface area (Å²) in [6.07, 6.45) is -0.144. The lowest BCUT2D eigenvalue weighted by Crippen LogP contribution is -2.33. The Hall–Kier alpha value is -3.72. The maximum absolute atomic E-state index is 12.6. The Morgan fingerprint density at radius 3 is 2.37 bits per heavy atom. The van der Waals surface area contributed by atoms with Crippen LogP contribution < -0.4 is 5.32 Å².